The Kier molecular flexibility index (Phi) is 2.27. The molecule has 1 N–H and O–H groups in total. The van der Waals surface area contributed by atoms with Crippen LogP contribution in [0.4, 0.5) is 0 Å². The Labute approximate surface area is 65.4 Å². The van der Waals surface area contributed by atoms with Gasteiger partial charge in [0.15, 0.2) is 0 Å². The van der Waals surface area contributed by atoms with Gasteiger partial charge in [0.25, 0.3) is 0 Å². The zero-order valence-electron chi connectivity index (χ0n) is 6.54. The number of rotatable bonds is 3. The minimum atomic E-state index is -0.828. The Morgan fingerprint density at radius 2 is 2.45 bits per heavy atom. The fraction of sp³-hybridized carbons (Fsp3) is 0.750. The molecule has 1 rings (SSSR count). The van der Waals surface area contributed by atoms with E-state index in [2.05, 4.69) is 0 Å². The second kappa shape index (κ2) is 3.03. The third kappa shape index (κ3) is 1.42. The van der Waals surface area contributed by atoms with E-state index < -0.39 is 11.9 Å². The first-order valence-electron chi connectivity index (χ1n) is 3.92. The number of Topliss-reactive ketones (excluding diaryl/α,β-unsaturated/α-hetero) is 1. The minimum Gasteiger partial charge on any atom is -0.481 e. The lowest BCUT2D eigenvalue weighted by Gasteiger charge is -2.28. The van der Waals surface area contributed by atoms with Crippen LogP contribution < -0.4 is 0 Å². The number of carbonyl (C=O) groups is 2. The van der Waals surface area contributed by atoms with Gasteiger partial charge in [-0.2, -0.15) is 0 Å². The molecule has 1 saturated carbocycles. The van der Waals surface area contributed by atoms with E-state index in [1.54, 1.807) is 0 Å². The van der Waals surface area contributed by atoms with Gasteiger partial charge in [-0.3, -0.25) is 9.59 Å². The zero-order valence-corrected chi connectivity index (χ0v) is 6.54. The van der Waals surface area contributed by atoms with Gasteiger partial charge in [-0.15, -0.1) is 0 Å². The molecule has 0 aromatic heterocycles. The first kappa shape index (κ1) is 8.24. The summed E-state index contributed by atoms with van der Waals surface area (Å²) in [4.78, 5) is 21.4. The molecule has 0 radical (unpaired) electrons. The Balaban J connectivity index is 2.55. The van der Waals surface area contributed by atoms with Crippen molar-refractivity contribution in [1.82, 2.24) is 0 Å². The summed E-state index contributed by atoms with van der Waals surface area (Å²) >= 11 is 0. The maximum absolute atomic E-state index is 10.9. The number of aliphatic carboxylic acids is 1. The molecule has 0 heterocycles. The third-order valence-electron chi connectivity index (χ3n) is 2.36. The number of hydrogen-bond donors (Lipinski definition) is 1. The molecule has 3 heteroatoms. The van der Waals surface area contributed by atoms with Crippen LogP contribution in [0.2, 0.25) is 0 Å². The SMILES string of the molecule is CCC(C(=O)O)C1CCC1=O. The second-order valence-corrected chi connectivity index (χ2v) is 2.96. The van der Waals surface area contributed by atoms with Crippen LogP contribution in [0.1, 0.15) is 26.2 Å². The van der Waals surface area contributed by atoms with Gasteiger partial charge in [-0.25, -0.2) is 0 Å². The maximum atomic E-state index is 10.9. The van der Waals surface area contributed by atoms with Gasteiger partial charge < -0.3 is 5.11 Å². The average Bonchev–Trinajstić information content (AvgIpc) is 1.96. The molecule has 1 fully saturated rings. The second-order valence-electron chi connectivity index (χ2n) is 2.96. The van der Waals surface area contributed by atoms with Crippen molar-refractivity contribution in [3.63, 3.8) is 0 Å². The predicted octanol–water partition coefficient (Wildman–Crippen LogP) is 1.08. The van der Waals surface area contributed by atoms with E-state index in [4.69, 9.17) is 5.11 Å². The molecular weight excluding hydrogens is 144 g/mol. The normalized spacial score (nSPS) is 25.9. The van der Waals surface area contributed by atoms with Crippen LogP contribution in [0.25, 0.3) is 0 Å². The summed E-state index contributed by atoms with van der Waals surface area (Å²) in [6.45, 7) is 1.81. The van der Waals surface area contributed by atoms with Gasteiger partial charge >= 0.3 is 5.97 Å². The molecule has 2 unspecified atom stereocenters. The summed E-state index contributed by atoms with van der Waals surface area (Å²) in [6.07, 6.45) is 1.91. The lowest BCUT2D eigenvalue weighted by Crippen LogP contribution is -2.36. The molecule has 0 saturated heterocycles. The lowest BCUT2D eigenvalue weighted by atomic mass is 9.74. The van der Waals surface area contributed by atoms with Crippen LogP contribution in [0, 0.1) is 11.8 Å². The van der Waals surface area contributed by atoms with Crippen LogP contribution in [0.5, 0.6) is 0 Å². The number of carbonyl (C=O) groups excluding carboxylic acids is 1. The van der Waals surface area contributed by atoms with Crippen molar-refractivity contribution in [3.8, 4) is 0 Å². The molecule has 11 heavy (non-hydrogen) atoms. The summed E-state index contributed by atoms with van der Waals surface area (Å²) in [5.74, 6) is -1.32. The number of carboxylic acids is 1. The highest BCUT2D eigenvalue weighted by atomic mass is 16.4. The topological polar surface area (TPSA) is 54.4 Å². The van der Waals surface area contributed by atoms with Crippen molar-refractivity contribution in [3.05, 3.63) is 0 Å². The fourth-order valence-corrected chi connectivity index (χ4v) is 1.49. The molecule has 3 nitrogen and oxygen atoms in total. The highest BCUT2D eigenvalue weighted by Crippen LogP contribution is 2.31. The van der Waals surface area contributed by atoms with Crippen molar-refractivity contribution >= 4 is 11.8 Å². The van der Waals surface area contributed by atoms with Crippen LogP contribution >= 0.6 is 0 Å². The Morgan fingerprint density at radius 1 is 1.82 bits per heavy atom. The molecule has 1 aliphatic rings. The largest absolute Gasteiger partial charge is 0.481 e. The monoisotopic (exact) mass is 156 g/mol. The smallest absolute Gasteiger partial charge is 0.307 e. The van der Waals surface area contributed by atoms with Crippen LogP contribution in [0.15, 0.2) is 0 Å². The maximum Gasteiger partial charge on any atom is 0.307 e. The molecule has 0 bridgehead atoms. The summed E-state index contributed by atoms with van der Waals surface area (Å²) < 4.78 is 0. The van der Waals surface area contributed by atoms with E-state index in [1.807, 2.05) is 6.92 Å². The van der Waals surface area contributed by atoms with Crippen molar-refractivity contribution in [2.45, 2.75) is 26.2 Å². The first-order valence-corrected chi connectivity index (χ1v) is 3.92. The van der Waals surface area contributed by atoms with Crippen molar-refractivity contribution in [2.24, 2.45) is 11.8 Å². The number of carboxylic acid groups (broad SMARTS) is 1. The molecule has 0 aliphatic heterocycles. The van der Waals surface area contributed by atoms with Gasteiger partial charge in [0.1, 0.15) is 5.78 Å². The molecule has 2 atom stereocenters. The molecule has 0 amide bonds. The number of ketones is 1. The van der Waals surface area contributed by atoms with Crippen LogP contribution in [0.3, 0.4) is 0 Å². The minimum absolute atomic E-state index is 0.124. The van der Waals surface area contributed by atoms with E-state index in [1.165, 1.54) is 0 Å². The summed E-state index contributed by atoms with van der Waals surface area (Å²) in [5, 5.41) is 8.67. The highest BCUT2D eigenvalue weighted by Gasteiger charge is 2.37. The van der Waals surface area contributed by atoms with Gasteiger partial charge in [-0.05, 0) is 12.8 Å². The quantitative estimate of drug-likeness (QED) is 0.665. The molecule has 0 aromatic rings. The van der Waals surface area contributed by atoms with Crippen LogP contribution in [-0.4, -0.2) is 16.9 Å². The summed E-state index contributed by atoms with van der Waals surface area (Å²) in [7, 11) is 0. The van der Waals surface area contributed by atoms with Gasteiger partial charge in [0.05, 0.1) is 5.92 Å². The van der Waals surface area contributed by atoms with E-state index in [0.29, 0.717) is 12.8 Å². The predicted molar refractivity (Wildman–Crippen MR) is 39.1 cm³/mol. The Morgan fingerprint density at radius 3 is 2.55 bits per heavy atom. The van der Waals surface area contributed by atoms with E-state index >= 15 is 0 Å². The van der Waals surface area contributed by atoms with E-state index in [-0.39, 0.29) is 11.7 Å². The molecular formula is C8H12O3. The van der Waals surface area contributed by atoms with Crippen molar-refractivity contribution < 1.29 is 14.7 Å². The summed E-state index contributed by atoms with van der Waals surface area (Å²) in [5.41, 5.74) is 0. The standard InChI is InChI=1S/C8H12O3/c1-2-5(8(10)11)6-3-4-7(6)9/h5-6H,2-4H2,1H3,(H,10,11). The highest BCUT2D eigenvalue weighted by molar-refractivity contribution is 5.90. The van der Waals surface area contributed by atoms with Crippen molar-refractivity contribution in [1.29, 1.82) is 0 Å². The average molecular weight is 156 g/mol. The first-order chi connectivity index (χ1) is 5.16. The third-order valence-corrected chi connectivity index (χ3v) is 2.36. The van der Waals surface area contributed by atoms with Crippen molar-refractivity contribution in [2.75, 3.05) is 0 Å². The van der Waals surface area contributed by atoms with Crippen LogP contribution in [-0.2, 0) is 9.59 Å². The van der Waals surface area contributed by atoms with Gasteiger partial charge in [0, 0.05) is 12.3 Å². The van der Waals surface area contributed by atoms with Gasteiger partial charge in [-0.1, -0.05) is 6.92 Å². The molecule has 0 aromatic carbocycles. The van der Waals surface area contributed by atoms with E-state index in [0.717, 1.165) is 6.42 Å². The zero-order chi connectivity index (χ0) is 8.43. The number of hydrogen-bond acceptors (Lipinski definition) is 2. The van der Waals surface area contributed by atoms with E-state index in [9.17, 15) is 9.59 Å². The fourth-order valence-electron chi connectivity index (χ4n) is 1.49. The van der Waals surface area contributed by atoms with Gasteiger partial charge in [0.2, 0.25) is 0 Å². The lowest BCUT2D eigenvalue weighted by molar-refractivity contribution is -0.150. The molecule has 62 valence electrons. The Hall–Kier alpha value is -0.860. The summed E-state index contributed by atoms with van der Waals surface area (Å²) in [6, 6.07) is 0. The molecule has 1 aliphatic carbocycles. The Bertz CT molecular complexity index is 186. The molecule has 0 spiro atoms.